The van der Waals surface area contributed by atoms with E-state index < -0.39 is 91.0 Å². The fourth-order valence-corrected chi connectivity index (χ4v) is 18.0. The Hall–Kier alpha value is -12.4. The first kappa shape index (κ1) is 104. The van der Waals surface area contributed by atoms with Crippen molar-refractivity contribution in [2.24, 2.45) is 0 Å². The number of methoxy groups -OCH3 is 5. The van der Waals surface area contributed by atoms with Crippen LogP contribution < -0.4 is 57.6 Å². The molecule has 0 aliphatic carbocycles. The molecule has 5 fully saturated rings. The van der Waals surface area contributed by atoms with Crippen LogP contribution in [0, 0.1) is 96.6 Å². The van der Waals surface area contributed by atoms with Gasteiger partial charge >= 0.3 is 0 Å². The Morgan fingerprint density at radius 2 is 0.662 bits per heavy atom. The number of terminal acetylenes is 5. The molecule has 724 valence electrons. The number of rotatable bonds is 15. The summed E-state index contributed by atoms with van der Waals surface area (Å²) in [6.07, 6.45) is 35.4. The number of amides is 1. The number of aromatic nitrogens is 5. The van der Waals surface area contributed by atoms with E-state index in [1.807, 2.05) is 47.3 Å². The van der Waals surface area contributed by atoms with Gasteiger partial charge in [0, 0.05) is 152 Å². The molecule has 0 radical (unpaired) electrons. The van der Waals surface area contributed by atoms with Gasteiger partial charge in [-0.15, -0.1) is 32.1 Å². The number of nitrogens with one attached hydrogen (secondary N) is 6. The van der Waals surface area contributed by atoms with E-state index >= 15 is 4.39 Å². The Bertz CT molecular complexity index is 6810. The number of aromatic amines is 5. The predicted octanol–water partition coefficient (Wildman–Crippen LogP) is 13.7. The van der Waals surface area contributed by atoms with Gasteiger partial charge in [-0.25, -0.2) is 26.3 Å². The van der Waals surface area contributed by atoms with Gasteiger partial charge in [-0.3, -0.25) is 28.8 Å². The van der Waals surface area contributed by atoms with Crippen LogP contribution in [0.2, 0.25) is 0 Å². The number of nitrogens with zero attached hydrogens (tertiary/aromatic N) is 5. The Morgan fingerprint density at radius 3 is 1.00 bits per heavy atom. The second-order valence-electron chi connectivity index (χ2n) is 38.6. The number of carbonyl (C=O) groups is 1. The molecule has 32 heteroatoms. The van der Waals surface area contributed by atoms with E-state index in [1.54, 1.807) is 73.7 Å². The van der Waals surface area contributed by atoms with Gasteiger partial charge in [-0.2, -0.15) is 0 Å². The number of pyridine rings is 5. The summed E-state index contributed by atoms with van der Waals surface area (Å²) in [7, 11) is 9.87. The highest BCUT2D eigenvalue weighted by atomic mass is 19.2. The first-order valence-corrected chi connectivity index (χ1v) is 44.8. The summed E-state index contributed by atoms with van der Waals surface area (Å²) in [6, 6.07) is 12.9. The van der Waals surface area contributed by atoms with Crippen LogP contribution in [0.1, 0.15) is 215 Å². The molecule has 0 saturated carbocycles. The van der Waals surface area contributed by atoms with Crippen LogP contribution >= 0.6 is 0 Å². The number of H-pyrrole nitrogens is 5. The van der Waals surface area contributed by atoms with Gasteiger partial charge in [0.05, 0.1) is 112 Å². The zero-order valence-corrected chi connectivity index (χ0v) is 80.5. The standard InChI is InChI=1S/C21H24F2N2O3.3C21H25FN2O3.C20H22FN3O3/c1-6-12-18(25-9-7-21(4,28-5)8-10-25)13-11-14(20(2,3)27)15(22)16(23)17(13)24-19(12)26;1-6-14-18(24-9-7-21(4,27-5)8-10-24)15-11-13(20(2,3)26)12-16(22)17(15)23-19(14)25;1-6-13-18(24-9-7-21(4,27-5)8-10-24)14-11-15(20(2,3)26)16(22)12-17(14)23-19(13)25;1-6-13-18(24-11-9-21(4,27-5)10-12-24)16-15(23-19(13)25)8-7-14(17(16)22)20(2,3)26;1-5-13-17(24-8-6-20(2,27-4)7-9-24)14-10-12(18(25)22-3)11-15(21)16(14)23-19(13)26/h1,11,27H,7-10H2,2-5H3,(H,24,26);2*1,11-12,26H,7-10H2,2-5H3,(H,23,25);1,7-8,26H,9-12H2,2-5H3,(H,23,25);1,10-11H,6-9H2,2-4H3,(H,22,25)(H,23,26). The van der Waals surface area contributed by atoms with E-state index in [1.165, 1.54) is 72.9 Å². The monoisotopic (exact) mass is 1880 g/mol. The highest BCUT2D eigenvalue weighted by molar-refractivity contribution is 6.03. The van der Waals surface area contributed by atoms with Crippen molar-refractivity contribution in [3.63, 3.8) is 0 Å². The maximum atomic E-state index is 15.4. The zero-order valence-electron chi connectivity index (χ0n) is 80.5. The second-order valence-corrected chi connectivity index (χ2v) is 38.6. The molecule has 0 spiro atoms. The number of fused-ring (bicyclic) bond motifs is 5. The molecule has 10 aromatic rings. The predicted molar refractivity (Wildman–Crippen MR) is 521 cm³/mol. The molecule has 26 nitrogen and oxygen atoms in total. The average molecular weight is 1880 g/mol. The van der Waals surface area contributed by atoms with Crippen LogP contribution in [-0.4, -0.2) is 187 Å². The van der Waals surface area contributed by atoms with Crippen molar-refractivity contribution < 1.29 is 75.2 Å². The minimum atomic E-state index is -1.61. The van der Waals surface area contributed by atoms with Crippen molar-refractivity contribution in [1.29, 1.82) is 0 Å². The van der Waals surface area contributed by atoms with Crippen molar-refractivity contribution in [3.05, 3.63) is 197 Å². The highest BCUT2D eigenvalue weighted by Gasteiger charge is 2.41. The zero-order chi connectivity index (χ0) is 101. The van der Waals surface area contributed by atoms with Crippen LogP contribution in [0.3, 0.4) is 0 Å². The van der Waals surface area contributed by atoms with Crippen LogP contribution in [0.5, 0.6) is 0 Å². The minimum absolute atomic E-state index is 0.0433. The van der Waals surface area contributed by atoms with Crippen molar-refractivity contribution >= 4 is 88.9 Å². The van der Waals surface area contributed by atoms with E-state index in [0.29, 0.717) is 139 Å². The molecule has 15 rings (SSSR count). The second kappa shape index (κ2) is 40.1. The van der Waals surface area contributed by atoms with E-state index in [9.17, 15) is 71.1 Å². The maximum Gasteiger partial charge on any atom is 0.266 e. The SMILES string of the molecule is C#Cc1c(N2CCC(C)(OC)CC2)c2c(F)c(C(C)(C)O)ccc2[nH]c1=O.C#Cc1c(N2CCC(C)(OC)CC2)c2cc(C(=O)NC)cc(F)c2[nH]c1=O.C#Cc1c(N2CCC(C)(OC)CC2)c2cc(C(C)(C)O)c(F)c(F)c2[nH]c1=O.C#Cc1c(N2CCC(C)(OC)CC2)c2cc(C(C)(C)O)c(F)cc2[nH]c1=O.C#Cc1c(N2CCC(C)(OC)CC2)c2cc(C(C)(C)O)cc(F)c2[nH]c1=O. The summed E-state index contributed by atoms with van der Waals surface area (Å²) in [5, 5.41) is 45.8. The third-order valence-electron chi connectivity index (χ3n) is 27.5. The number of ether oxygens (including phenoxy) is 5. The van der Waals surface area contributed by atoms with Crippen molar-refractivity contribution in [2.45, 2.75) is 205 Å². The molecule has 10 heterocycles. The van der Waals surface area contributed by atoms with Crippen molar-refractivity contribution in [3.8, 4) is 61.7 Å². The topological polar surface area (TPSA) is 337 Å². The highest BCUT2D eigenvalue weighted by Crippen LogP contribution is 2.45. The maximum absolute atomic E-state index is 15.4. The Balaban J connectivity index is 0.000000163. The fourth-order valence-electron chi connectivity index (χ4n) is 18.0. The molecular weight excluding hydrogens is 1760 g/mol. The first-order chi connectivity index (χ1) is 63.6. The first-order valence-electron chi connectivity index (χ1n) is 44.8. The molecule has 1 amide bonds. The molecule has 5 aromatic carbocycles. The number of hydrogen-bond acceptors (Lipinski definition) is 20. The third kappa shape index (κ3) is 21.4. The number of hydrogen-bond donors (Lipinski definition) is 10. The van der Waals surface area contributed by atoms with Gasteiger partial charge in [0.25, 0.3) is 33.7 Å². The van der Waals surface area contributed by atoms with E-state index in [2.05, 4.69) is 71.7 Å². The molecule has 5 saturated heterocycles. The molecule has 0 unspecified atom stereocenters. The number of halogens is 6. The normalized spacial score (nSPS) is 16.9. The summed E-state index contributed by atoms with van der Waals surface area (Å²) in [6.45, 7) is 28.2. The molecule has 0 atom stereocenters. The van der Waals surface area contributed by atoms with Gasteiger partial charge in [0.2, 0.25) is 0 Å². The Labute approximate surface area is 786 Å². The van der Waals surface area contributed by atoms with Gasteiger partial charge < -0.3 is 98.8 Å². The molecule has 5 aromatic heterocycles. The number of aliphatic hydroxyl groups is 4. The van der Waals surface area contributed by atoms with Gasteiger partial charge in [0.15, 0.2) is 11.6 Å². The van der Waals surface area contributed by atoms with Gasteiger partial charge in [-0.1, -0.05) is 35.7 Å². The summed E-state index contributed by atoms with van der Waals surface area (Å²) in [4.78, 5) is 97.0. The lowest BCUT2D eigenvalue weighted by molar-refractivity contribution is -0.0134. The average Bonchev–Trinajstić information content (AvgIpc) is 0.743. The van der Waals surface area contributed by atoms with E-state index in [-0.39, 0.29) is 105 Å². The smallest absolute Gasteiger partial charge is 0.266 e. The summed E-state index contributed by atoms with van der Waals surface area (Å²) in [5.74, 6) is 6.97. The number of benzene rings is 5. The van der Waals surface area contributed by atoms with E-state index in [4.69, 9.17) is 55.8 Å². The number of piperidine rings is 5. The third-order valence-corrected chi connectivity index (χ3v) is 27.5. The van der Waals surface area contributed by atoms with Gasteiger partial charge in [-0.05, 0) is 208 Å². The minimum Gasteiger partial charge on any atom is -0.386 e. The Kier molecular flexibility index (Phi) is 30.7. The molecule has 5 aliphatic heterocycles. The van der Waals surface area contributed by atoms with Gasteiger partial charge in [0.1, 0.15) is 51.1 Å². The summed E-state index contributed by atoms with van der Waals surface area (Å²) < 4.78 is 117. The number of carbonyl (C=O) groups excluding carboxylic acids is 1. The summed E-state index contributed by atoms with van der Waals surface area (Å²) >= 11 is 0. The fraction of sp³-hybridized carbons (Fsp3) is 0.462. The van der Waals surface area contributed by atoms with Crippen molar-refractivity contribution in [1.82, 2.24) is 30.2 Å². The molecule has 10 N–H and O–H groups in total. The van der Waals surface area contributed by atoms with Crippen LogP contribution in [0.25, 0.3) is 54.5 Å². The van der Waals surface area contributed by atoms with E-state index in [0.717, 1.165) is 57.4 Å². The quantitative estimate of drug-likeness (QED) is 0.0337. The van der Waals surface area contributed by atoms with Crippen molar-refractivity contribution in [2.75, 3.05) is 133 Å². The lowest BCUT2D eigenvalue weighted by Gasteiger charge is -2.40. The molecule has 136 heavy (non-hydrogen) atoms. The van der Waals surface area contributed by atoms with Crippen LogP contribution in [-0.2, 0) is 46.1 Å². The lowest BCUT2D eigenvalue weighted by atomic mass is 9.91. The molecule has 0 bridgehead atoms. The number of anilines is 5. The largest absolute Gasteiger partial charge is 0.386 e. The Morgan fingerprint density at radius 1 is 0.360 bits per heavy atom. The lowest BCUT2D eigenvalue weighted by Crippen LogP contribution is -2.44. The van der Waals surface area contributed by atoms with Crippen LogP contribution in [0.15, 0.2) is 78.6 Å². The van der Waals surface area contributed by atoms with Crippen LogP contribution in [0.4, 0.5) is 54.8 Å². The molecule has 5 aliphatic rings. The molecular formula is C104H121F6N11O15. The summed E-state index contributed by atoms with van der Waals surface area (Å²) in [5.41, 5.74) is -4.88.